The van der Waals surface area contributed by atoms with Gasteiger partial charge < -0.3 is 56.8 Å². The molecule has 10 atom stereocenters. The highest BCUT2D eigenvalue weighted by Crippen LogP contribution is 2.36. The smallest absolute Gasteiger partial charge is 0.303 e. The zero-order valence-electron chi connectivity index (χ0n) is 43.4. The van der Waals surface area contributed by atoms with E-state index in [0.717, 1.165) is 67.7 Å². The third kappa shape index (κ3) is 27.1. The van der Waals surface area contributed by atoms with Gasteiger partial charge in [0, 0.05) is 61.7 Å². The van der Waals surface area contributed by atoms with Gasteiger partial charge in [-0.3, -0.25) is 33.6 Å². The molecular weight excluding hydrogens is 917 g/mol. The number of hydrogen-bond acceptors (Lipinski definition) is 19. The highest BCUT2D eigenvalue weighted by atomic mass is 16.8. The summed E-state index contributed by atoms with van der Waals surface area (Å²) in [4.78, 5) is 86.5. The molecular formula is C51H86O19. The van der Waals surface area contributed by atoms with Crippen molar-refractivity contribution in [2.45, 2.75) is 252 Å². The molecule has 0 aromatic heterocycles. The maximum absolute atomic E-state index is 12.7. The van der Waals surface area contributed by atoms with Gasteiger partial charge in [-0.25, -0.2) is 0 Å². The van der Waals surface area contributed by atoms with E-state index in [4.69, 9.17) is 56.8 Å². The first-order valence-corrected chi connectivity index (χ1v) is 25.8. The molecule has 0 spiro atoms. The van der Waals surface area contributed by atoms with E-state index < -0.39 is 116 Å². The molecule has 0 radical (unpaired) electrons. The van der Waals surface area contributed by atoms with Gasteiger partial charge in [-0.15, -0.1) is 0 Å². The van der Waals surface area contributed by atoms with Gasteiger partial charge in [-0.2, -0.15) is 0 Å². The third-order valence-electron chi connectivity index (χ3n) is 11.7. The zero-order valence-corrected chi connectivity index (χ0v) is 43.4. The summed E-state index contributed by atoms with van der Waals surface area (Å²) in [6.07, 6.45) is 11.3. The van der Waals surface area contributed by atoms with Crippen molar-refractivity contribution < 1.29 is 90.4 Å². The van der Waals surface area contributed by atoms with Crippen LogP contribution in [0.25, 0.3) is 0 Å². The second-order valence-corrected chi connectivity index (χ2v) is 18.2. The van der Waals surface area contributed by atoms with Gasteiger partial charge in [0.25, 0.3) is 0 Å². The summed E-state index contributed by atoms with van der Waals surface area (Å²) in [5, 5.41) is 0. The van der Waals surface area contributed by atoms with Gasteiger partial charge in [0.2, 0.25) is 0 Å². The van der Waals surface area contributed by atoms with Gasteiger partial charge >= 0.3 is 41.8 Å². The summed E-state index contributed by atoms with van der Waals surface area (Å²) in [5.41, 5.74) is 0. The molecule has 2 fully saturated rings. The van der Waals surface area contributed by atoms with Crippen LogP contribution >= 0.6 is 0 Å². The van der Waals surface area contributed by atoms with E-state index in [2.05, 4.69) is 6.92 Å². The predicted octanol–water partition coefficient (Wildman–Crippen LogP) is 7.85. The normalized spacial score (nSPS) is 24.2. The van der Waals surface area contributed by atoms with Gasteiger partial charge in [0.1, 0.15) is 31.5 Å². The van der Waals surface area contributed by atoms with Crippen LogP contribution in [0.5, 0.6) is 0 Å². The van der Waals surface area contributed by atoms with Crippen LogP contribution in [0.1, 0.15) is 190 Å². The first-order chi connectivity index (χ1) is 33.5. The molecule has 0 aromatic carbocycles. The van der Waals surface area contributed by atoms with Crippen molar-refractivity contribution in [3.05, 3.63) is 0 Å². The summed E-state index contributed by atoms with van der Waals surface area (Å²) in [5.74, 6) is -5.72. The van der Waals surface area contributed by atoms with Crippen molar-refractivity contribution in [1.29, 1.82) is 0 Å². The van der Waals surface area contributed by atoms with Gasteiger partial charge in [0.15, 0.2) is 43.1 Å². The lowest BCUT2D eigenvalue weighted by Crippen LogP contribution is -2.67. The Morgan fingerprint density at radius 2 is 0.671 bits per heavy atom. The molecule has 0 amide bonds. The fourth-order valence-electron chi connectivity index (χ4n) is 8.53. The number of ether oxygens (including phenoxy) is 12. The molecule has 0 saturated carbocycles. The molecule has 0 bridgehead atoms. The van der Waals surface area contributed by atoms with E-state index in [0.29, 0.717) is 19.6 Å². The van der Waals surface area contributed by atoms with Crippen LogP contribution in [0.3, 0.4) is 0 Å². The van der Waals surface area contributed by atoms with E-state index in [9.17, 15) is 33.6 Å². The highest BCUT2D eigenvalue weighted by Gasteiger charge is 2.57. The van der Waals surface area contributed by atoms with E-state index in [1.54, 1.807) is 0 Å². The second-order valence-electron chi connectivity index (χ2n) is 18.2. The van der Waals surface area contributed by atoms with Crippen LogP contribution in [-0.2, 0) is 90.4 Å². The molecule has 0 aliphatic carbocycles. The second kappa shape index (κ2) is 36.9. The number of unbranched alkanes of at least 4 members (excludes halogenated alkanes) is 19. The lowest BCUT2D eigenvalue weighted by Gasteiger charge is -2.48. The first kappa shape index (κ1) is 62.2. The van der Waals surface area contributed by atoms with Gasteiger partial charge in [-0.05, 0) is 12.8 Å². The van der Waals surface area contributed by atoms with E-state index in [-0.39, 0.29) is 6.61 Å². The van der Waals surface area contributed by atoms with Crippen molar-refractivity contribution in [2.24, 2.45) is 0 Å². The van der Waals surface area contributed by atoms with Crippen LogP contribution < -0.4 is 0 Å². The molecule has 19 nitrogen and oxygen atoms in total. The van der Waals surface area contributed by atoms with Crippen LogP contribution in [0.2, 0.25) is 0 Å². The Balaban J connectivity index is 1.99. The quantitative estimate of drug-likeness (QED) is 0.0328. The van der Waals surface area contributed by atoms with Gasteiger partial charge in [-0.1, -0.05) is 129 Å². The van der Waals surface area contributed by atoms with Crippen molar-refractivity contribution in [1.82, 2.24) is 0 Å². The van der Waals surface area contributed by atoms with Crippen LogP contribution in [0.15, 0.2) is 0 Å². The Bertz CT molecular complexity index is 1520. The molecule has 2 aliphatic rings. The maximum Gasteiger partial charge on any atom is 0.303 e. The Labute approximate surface area is 415 Å². The number of rotatable bonds is 37. The van der Waals surface area contributed by atoms with Crippen molar-refractivity contribution >= 4 is 41.8 Å². The Kier molecular flexibility index (Phi) is 32.8. The number of carbonyl (C=O) groups excluding carboxylic acids is 7. The van der Waals surface area contributed by atoms with E-state index >= 15 is 0 Å². The van der Waals surface area contributed by atoms with Crippen LogP contribution in [-0.4, -0.2) is 136 Å². The first-order valence-electron chi connectivity index (χ1n) is 25.8. The molecule has 2 heterocycles. The molecule has 19 heteroatoms. The minimum atomic E-state index is -1.78. The average Bonchev–Trinajstić information content (AvgIpc) is 3.27. The fraction of sp³-hybridized carbons (Fsp3) is 0.863. The topological polar surface area (TPSA) is 230 Å². The van der Waals surface area contributed by atoms with Crippen LogP contribution in [0.4, 0.5) is 0 Å². The highest BCUT2D eigenvalue weighted by molar-refractivity contribution is 5.69. The summed E-state index contributed by atoms with van der Waals surface area (Å²) >= 11 is 0. The molecule has 2 rings (SSSR count). The van der Waals surface area contributed by atoms with Crippen molar-refractivity contribution in [3.63, 3.8) is 0 Å². The molecule has 0 unspecified atom stereocenters. The Morgan fingerprint density at radius 3 is 1.09 bits per heavy atom. The monoisotopic (exact) mass is 1000 g/mol. The summed E-state index contributed by atoms with van der Waals surface area (Å²) < 4.78 is 69.0. The summed E-state index contributed by atoms with van der Waals surface area (Å²) in [6.45, 7) is 9.88. The van der Waals surface area contributed by atoms with E-state index in [1.165, 1.54) is 109 Å². The summed E-state index contributed by atoms with van der Waals surface area (Å²) in [6, 6.07) is 0. The standard InChI is InChI=1S/C51H86O19/c1-9-10-11-12-13-14-15-16-17-18-19-20-21-22-23-24-25-26-27-28-30-59-31-29-32-60-50-48(66-40(7)57)47(65-39(6)56)45(43(68-50)34-62-36(3)53)70-51-49(67-41(8)58)46(64-38(5)55)44(63-37(4)54)42(69-51)33-61-35(2)52/h42-51H,9-34H2,1-8H3/t42-,43-,44+,45-,46+,47+,48-,49-,50-,51+/m1/s1. The number of esters is 7. The molecule has 70 heavy (non-hydrogen) atoms. The van der Waals surface area contributed by atoms with Gasteiger partial charge in [0.05, 0.1) is 6.61 Å². The minimum Gasteiger partial charge on any atom is -0.463 e. The molecule has 2 saturated heterocycles. The fourth-order valence-corrected chi connectivity index (χ4v) is 8.53. The Morgan fingerprint density at radius 1 is 0.343 bits per heavy atom. The number of carbonyl (C=O) groups is 7. The minimum absolute atomic E-state index is 0.0555. The third-order valence-corrected chi connectivity index (χ3v) is 11.7. The molecule has 0 aromatic rings. The number of hydrogen-bond donors (Lipinski definition) is 0. The van der Waals surface area contributed by atoms with Crippen molar-refractivity contribution in [2.75, 3.05) is 33.0 Å². The molecule has 0 N–H and O–H groups in total. The van der Waals surface area contributed by atoms with Crippen molar-refractivity contribution in [3.8, 4) is 0 Å². The lowest BCUT2D eigenvalue weighted by molar-refractivity contribution is -0.361. The van der Waals surface area contributed by atoms with E-state index in [1.807, 2.05) is 0 Å². The zero-order chi connectivity index (χ0) is 51.7. The average molecular weight is 1000 g/mol. The Hall–Kier alpha value is -3.91. The summed E-state index contributed by atoms with van der Waals surface area (Å²) in [7, 11) is 0. The predicted molar refractivity (Wildman–Crippen MR) is 253 cm³/mol. The molecule has 404 valence electrons. The van der Waals surface area contributed by atoms with Crippen LogP contribution in [0, 0.1) is 0 Å². The maximum atomic E-state index is 12.7. The SMILES string of the molecule is CCCCCCCCCCCCCCCCCCCCCCOCCCO[C@@H]1O[C@H](COC(C)=O)[C@@H](O[C@@H]2O[C@H](COC(C)=O)[C@H](OC(C)=O)[C@H](OC(C)=O)[C@H]2OC(C)=O)[C@H](OC(C)=O)[C@H]1OC(C)=O. The lowest BCUT2D eigenvalue weighted by atomic mass is 9.96. The largest absolute Gasteiger partial charge is 0.463 e. The molecule has 2 aliphatic heterocycles.